The van der Waals surface area contributed by atoms with Crippen molar-refractivity contribution >= 4 is 63.8 Å². The Bertz CT molecular complexity index is 1190. The van der Waals surface area contributed by atoms with Crippen molar-refractivity contribution in [2.24, 2.45) is 0 Å². The largest absolute Gasteiger partial charge is 0.507 e. The molecule has 0 bridgehead atoms. The zero-order valence-corrected chi connectivity index (χ0v) is 19.6. The van der Waals surface area contributed by atoms with Gasteiger partial charge in [-0.3, -0.25) is 14.5 Å². The van der Waals surface area contributed by atoms with E-state index in [0.717, 1.165) is 17.3 Å². The summed E-state index contributed by atoms with van der Waals surface area (Å²) < 4.78 is 5.05. The van der Waals surface area contributed by atoms with Crippen molar-refractivity contribution in [3.63, 3.8) is 0 Å². The number of ether oxygens (including phenoxy) is 1. The number of amides is 2. The summed E-state index contributed by atoms with van der Waals surface area (Å²) in [6, 6.07) is 10.3. The predicted molar refractivity (Wildman–Crippen MR) is 131 cm³/mol. The minimum atomic E-state index is -1.31. The van der Waals surface area contributed by atoms with Gasteiger partial charge in [-0.2, -0.15) is 0 Å². The fourth-order valence-electron chi connectivity index (χ4n) is 3.08. The van der Waals surface area contributed by atoms with Gasteiger partial charge in [0.2, 0.25) is 5.91 Å². The highest BCUT2D eigenvalue weighted by molar-refractivity contribution is 8.26. The highest BCUT2D eigenvalue weighted by Gasteiger charge is 2.31. The molecule has 0 aromatic heterocycles. The number of esters is 1. The number of aromatic carboxylic acids is 1. The number of nitrogens with one attached hydrogen (secondary N) is 1. The number of carboxylic acids is 1. The summed E-state index contributed by atoms with van der Waals surface area (Å²) in [5, 5.41) is 21.2. The van der Waals surface area contributed by atoms with Crippen molar-refractivity contribution in [1.29, 1.82) is 0 Å². The predicted octanol–water partition coefficient (Wildman–Crippen LogP) is 3.50. The summed E-state index contributed by atoms with van der Waals surface area (Å²) in [5.74, 6) is -2.79. The first-order valence-corrected chi connectivity index (χ1v) is 11.2. The van der Waals surface area contributed by atoms with Crippen LogP contribution in [-0.2, 0) is 14.3 Å². The van der Waals surface area contributed by atoms with Gasteiger partial charge < -0.3 is 20.3 Å². The van der Waals surface area contributed by atoms with Crippen LogP contribution >= 0.6 is 24.0 Å². The van der Waals surface area contributed by atoms with Gasteiger partial charge in [-0.05, 0) is 48.4 Å². The Labute approximate surface area is 204 Å². The van der Waals surface area contributed by atoms with Gasteiger partial charge in [-0.15, -0.1) is 0 Å². The molecule has 0 radical (unpaired) electrons. The average molecular weight is 501 g/mol. The molecule has 1 aliphatic heterocycles. The van der Waals surface area contributed by atoms with Crippen LogP contribution in [0.1, 0.15) is 39.1 Å². The maximum Gasteiger partial charge on any atom is 0.339 e. The van der Waals surface area contributed by atoms with Gasteiger partial charge in [0.25, 0.3) is 5.91 Å². The molecule has 1 heterocycles. The minimum Gasteiger partial charge on any atom is -0.507 e. The molecule has 2 aromatic rings. The van der Waals surface area contributed by atoms with Gasteiger partial charge in [0.15, 0.2) is 0 Å². The summed E-state index contributed by atoms with van der Waals surface area (Å²) in [5.41, 5.74) is 1.05. The number of carboxylic acid groups (broad SMARTS) is 1. The van der Waals surface area contributed by atoms with Crippen molar-refractivity contribution in [2.75, 3.05) is 19.0 Å². The van der Waals surface area contributed by atoms with Crippen molar-refractivity contribution in [3.05, 3.63) is 64.1 Å². The lowest BCUT2D eigenvalue weighted by Crippen LogP contribution is -2.29. The third-order valence-electron chi connectivity index (χ3n) is 4.80. The fourth-order valence-corrected chi connectivity index (χ4v) is 4.39. The van der Waals surface area contributed by atoms with Crippen LogP contribution in [0, 0.1) is 0 Å². The van der Waals surface area contributed by atoms with Gasteiger partial charge >= 0.3 is 11.9 Å². The van der Waals surface area contributed by atoms with Crippen molar-refractivity contribution in [2.45, 2.75) is 12.8 Å². The van der Waals surface area contributed by atoms with E-state index in [1.807, 2.05) is 0 Å². The van der Waals surface area contributed by atoms with E-state index in [1.54, 1.807) is 30.3 Å². The van der Waals surface area contributed by atoms with Crippen molar-refractivity contribution in [3.8, 4) is 5.75 Å². The second kappa shape index (κ2) is 10.9. The van der Waals surface area contributed by atoms with Crippen LogP contribution in [0.5, 0.6) is 5.75 Å². The lowest BCUT2D eigenvalue weighted by Gasteiger charge is -2.14. The third-order valence-corrected chi connectivity index (χ3v) is 6.18. The number of anilines is 1. The van der Waals surface area contributed by atoms with E-state index >= 15 is 0 Å². The number of carbonyl (C=O) groups is 4. The fraction of sp³-hybridized carbons (Fsp3) is 0.174. The lowest BCUT2D eigenvalue weighted by atomic mass is 10.1. The second-order valence-electron chi connectivity index (χ2n) is 7.14. The van der Waals surface area contributed by atoms with E-state index < -0.39 is 17.7 Å². The summed E-state index contributed by atoms with van der Waals surface area (Å²) in [6.07, 6.45) is 2.09. The van der Waals surface area contributed by atoms with E-state index in [1.165, 1.54) is 30.2 Å². The first-order chi connectivity index (χ1) is 16.2. The summed E-state index contributed by atoms with van der Waals surface area (Å²) in [6.45, 7) is 0.243. The van der Waals surface area contributed by atoms with Gasteiger partial charge in [-0.25, -0.2) is 9.59 Å². The maximum atomic E-state index is 12.7. The Balaban J connectivity index is 1.55. The number of thiocarbonyl (C=S) groups is 1. The number of nitrogens with zero attached hydrogens (tertiary/aromatic N) is 1. The minimum absolute atomic E-state index is 0.0778. The van der Waals surface area contributed by atoms with Crippen molar-refractivity contribution < 1.29 is 34.1 Å². The van der Waals surface area contributed by atoms with Crippen LogP contribution < -0.4 is 5.32 Å². The second-order valence-corrected chi connectivity index (χ2v) is 8.81. The number of phenols is 1. The Morgan fingerprint density at radius 2 is 1.88 bits per heavy atom. The molecule has 2 aromatic carbocycles. The molecule has 0 atom stereocenters. The first kappa shape index (κ1) is 24.9. The molecular formula is C23H20N2O7S2. The average Bonchev–Trinajstić information content (AvgIpc) is 3.07. The number of methoxy groups -OCH3 is 1. The molecule has 1 fully saturated rings. The highest BCUT2D eigenvalue weighted by atomic mass is 32.2. The Hall–Kier alpha value is -3.70. The molecule has 1 aliphatic rings. The topological polar surface area (TPSA) is 133 Å². The molecule has 0 aliphatic carbocycles. The van der Waals surface area contributed by atoms with Crippen LogP contribution in [0.25, 0.3) is 6.08 Å². The number of carbonyl (C=O) groups excluding carboxylic acids is 3. The summed E-state index contributed by atoms with van der Waals surface area (Å²) in [7, 11) is 1.30. The molecule has 2 amide bonds. The maximum absolute atomic E-state index is 12.7. The Morgan fingerprint density at radius 1 is 1.18 bits per heavy atom. The van der Waals surface area contributed by atoms with Gasteiger partial charge in [0, 0.05) is 18.7 Å². The third kappa shape index (κ3) is 6.00. The van der Waals surface area contributed by atoms with Crippen LogP contribution in [0.2, 0.25) is 0 Å². The van der Waals surface area contributed by atoms with Crippen LogP contribution in [0.4, 0.5) is 5.69 Å². The number of aromatic hydroxyl groups is 1. The number of hydrogen-bond acceptors (Lipinski definition) is 8. The Kier molecular flexibility index (Phi) is 8.03. The molecule has 176 valence electrons. The molecule has 0 spiro atoms. The SMILES string of the molecule is COC(=O)c1ccc(C=C2SC(=S)N(CCCC(=O)Nc3ccc(O)c(C(=O)O)c3)C2=O)cc1. The normalized spacial score (nSPS) is 14.4. The Morgan fingerprint density at radius 3 is 2.53 bits per heavy atom. The van der Waals surface area contributed by atoms with Crippen LogP contribution in [0.3, 0.4) is 0 Å². The summed E-state index contributed by atoms with van der Waals surface area (Å²) in [4.78, 5) is 49.4. The van der Waals surface area contributed by atoms with Crippen LogP contribution in [0.15, 0.2) is 47.4 Å². The van der Waals surface area contributed by atoms with Gasteiger partial charge in [-0.1, -0.05) is 36.1 Å². The quantitative estimate of drug-likeness (QED) is 0.215. The van der Waals surface area contributed by atoms with Gasteiger partial charge in [0.1, 0.15) is 15.6 Å². The molecule has 34 heavy (non-hydrogen) atoms. The molecule has 3 N–H and O–H groups in total. The van der Waals surface area contributed by atoms with Gasteiger partial charge in [0.05, 0.1) is 17.6 Å². The van der Waals surface area contributed by atoms with E-state index in [-0.39, 0.29) is 36.0 Å². The van der Waals surface area contributed by atoms with Crippen LogP contribution in [-0.4, -0.2) is 56.8 Å². The highest BCUT2D eigenvalue weighted by Crippen LogP contribution is 2.32. The number of rotatable bonds is 8. The molecule has 3 rings (SSSR count). The summed E-state index contributed by atoms with van der Waals surface area (Å²) >= 11 is 6.46. The first-order valence-electron chi connectivity index (χ1n) is 9.99. The molecule has 11 heteroatoms. The van der Waals surface area contributed by atoms with E-state index in [9.17, 15) is 24.3 Å². The molecule has 1 saturated heterocycles. The molecule has 9 nitrogen and oxygen atoms in total. The smallest absolute Gasteiger partial charge is 0.339 e. The lowest BCUT2D eigenvalue weighted by molar-refractivity contribution is -0.122. The number of benzene rings is 2. The standard InChI is InChI=1S/C23H20N2O7S2/c1-32-22(31)14-6-4-13(5-7-14)11-18-20(28)25(23(33)34-18)10-2-3-19(27)24-15-8-9-17(26)16(12-15)21(29)30/h4-9,11-12,26H,2-3,10H2,1H3,(H,24,27)(H,29,30). The van der Waals surface area contributed by atoms with E-state index in [2.05, 4.69) is 10.1 Å². The zero-order valence-electron chi connectivity index (χ0n) is 17.9. The van der Waals surface area contributed by atoms with Crippen molar-refractivity contribution in [1.82, 2.24) is 4.90 Å². The zero-order chi connectivity index (χ0) is 24.8. The van der Waals surface area contributed by atoms with E-state index in [4.69, 9.17) is 17.3 Å². The molecule has 0 saturated carbocycles. The molecular weight excluding hydrogens is 480 g/mol. The number of hydrogen-bond donors (Lipinski definition) is 3. The number of thioether (sulfide) groups is 1. The van der Waals surface area contributed by atoms with E-state index in [0.29, 0.717) is 21.2 Å². The molecule has 0 unspecified atom stereocenters. The monoisotopic (exact) mass is 500 g/mol.